The first-order valence-corrected chi connectivity index (χ1v) is 5.56. The van der Waals surface area contributed by atoms with E-state index >= 15 is 0 Å². The van der Waals surface area contributed by atoms with Crippen LogP contribution in [0.3, 0.4) is 0 Å². The molecule has 84 valence electrons. The van der Waals surface area contributed by atoms with Gasteiger partial charge in [-0.05, 0) is 0 Å². The van der Waals surface area contributed by atoms with Gasteiger partial charge in [0.2, 0.25) is 5.91 Å². The number of likely N-dealkylation sites (tertiary alicyclic amines) is 1. The molecule has 0 saturated carbocycles. The number of rotatable bonds is 1. The Labute approximate surface area is 89.6 Å². The van der Waals surface area contributed by atoms with E-state index in [2.05, 4.69) is 7.05 Å². The number of amides is 2. The molecule has 2 aliphatic rings. The molecule has 2 rings (SSSR count). The normalized spacial score (nSPS) is 37.5. The van der Waals surface area contributed by atoms with Crippen LogP contribution in [-0.2, 0) is 9.59 Å². The SMILES string of the molecule is CN1C(=O)C[C@H]([NH+]2CC[NH+](C)CC2)C1=O. The molecule has 15 heavy (non-hydrogen) atoms. The minimum atomic E-state index is -0.101. The molecule has 2 N–H and O–H groups in total. The van der Waals surface area contributed by atoms with Gasteiger partial charge in [-0.3, -0.25) is 14.5 Å². The average Bonchev–Trinajstić information content (AvgIpc) is 2.47. The van der Waals surface area contributed by atoms with Crippen molar-refractivity contribution in [1.82, 2.24) is 4.90 Å². The van der Waals surface area contributed by atoms with Crippen LogP contribution < -0.4 is 9.80 Å². The number of nitrogens with zero attached hydrogens (tertiary/aromatic N) is 1. The molecule has 2 amide bonds. The average molecular weight is 213 g/mol. The highest BCUT2D eigenvalue weighted by molar-refractivity contribution is 6.04. The van der Waals surface area contributed by atoms with E-state index in [9.17, 15) is 9.59 Å². The number of hydrogen-bond donors (Lipinski definition) is 2. The predicted octanol–water partition coefficient (Wildman–Crippen LogP) is -3.84. The first-order valence-electron chi connectivity index (χ1n) is 5.56. The lowest BCUT2D eigenvalue weighted by molar-refractivity contribution is -1.01. The summed E-state index contributed by atoms with van der Waals surface area (Å²) in [7, 11) is 3.76. The Morgan fingerprint density at radius 1 is 1.20 bits per heavy atom. The summed E-state index contributed by atoms with van der Waals surface area (Å²) >= 11 is 0. The number of piperazine rings is 1. The maximum Gasteiger partial charge on any atom is 0.287 e. The molecular formula is C10H19N3O2+2. The summed E-state index contributed by atoms with van der Waals surface area (Å²) in [6, 6.07) is -0.101. The standard InChI is InChI=1S/C10H17N3O2/c1-11-3-5-13(6-4-11)8-7-9(14)12(2)10(8)15/h8H,3-7H2,1-2H3/p+2/t8-/m0/s1. The molecule has 0 bridgehead atoms. The van der Waals surface area contributed by atoms with Crippen molar-refractivity contribution in [2.45, 2.75) is 12.5 Å². The van der Waals surface area contributed by atoms with Gasteiger partial charge in [0.15, 0.2) is 6.04 Å². The molecule has 0 radical (unpaired) electrons. The number of carbonyl (C=O) groups excluding carboxylic acids is 2. The third kappa shape index (κ3) is 1.89. The smallest absolute Gasteiger partial charge is 0.287 e. The van der Waals surface area contributed by atoms with Crippen LogP contribution in [0.1, 0.15) is 6.42 Å². The van der Waals surface area contributed by atoms with Crippen molar-refractivity contribution in [2.75, 3.05) is 40.3 Å². The van der Waals surface area contributed by atoms with Crippen LogP contribution in [0.25, 0.3) is 0 Å². The molecule has 0 aromatic rings. The molecule has 0 aliphatic carbocycles. The summed E-state index contributed by atoms with van der Waals surface area (Å²) in [6.45, 7) is 4.20. The van der Waals surface area contributed by atoms with Gasteiger partial charge < -0.3 is 9.80 Å². The molecule has 5 heteroatoms. The van der Waals surface area contributed by atoms with Crippen molar-refractivity contribution in [3.63, 3.8) is 0 Å². The number of hydrogen-bond acceptors (Lipinski definition) is 2. The summed E-state index contributed by atoms with van der Waals surface area (Å²) < 4.78 is 0. The topological polar surface area (TPSA) is 46.3 Å². The number of nitrogens with one attached hydrogen (secondary N) is 2. The van der Waals surface area contributed by atoms with E-state index in [-0.39, 0.29) is 17.9 Å². The zero-order chi connectivity index (χ0) is 11.0. The summed E-state index contributed by atoms with van der Waals surface area (Å²) in [4.78, 5) is 27.3. The van der Waals surface area contributed by atoms with Crippen molar-refractivity contribution < 1.29 is 19.4 Å². The molecule has 0 spiro atoms. The van der Waals surface area contributed by atoms with Crippen molar-refractivity contribution >= 4 is 11.8 Å². The highest BCUT2D eigenvalue weighted by Gasteiger charge is 2.44. The van der Waals surface area contributed by atoms with Crippen LogP contribution in [0.2, 0.25) is 0 Å². The number of quaternary nitrogens is 2. The summed E-state index contributed by atoms with van der Waals surface area (Å²) in [5.74, 6) is -0.0154. The third-order valence-electron chi connectivity index (χ3n) is 3.62. The van der Waals surface area contributed by atoms with Gasteiger partial charge in [-0.2, -0.15) is 0 Å². The largest absolute Gasteiger partial charge is 0.328 e. The van der Waals surface area contributed by atoms with Gasteiger partial charge in [-0.25, -0.2) is 0 Å². The van der Waals surface area contributed by atoms with Crippen LogP contribution in [0.15, 0.2) is 0 Å². The van der Waals surface area contributed by atoms with Crippen molar-refractivity contribution in [3.8, 4) is 0 Å². The van der Waals surface area contributed by atoms with Gasteiger partial charge in [-0.1, -0.05) is 0 Å². The fourth-order valence-electron chi connectivity index (χ4n) is 2.42. The van der Waals surface area contributed by atoms with E-state index in [1.807, 2.05) is 0 Å². The fraction of sp³-hybridized carbons (Fsp3) is 0.800. The van der Waals surface area contributed by atoms with E-state index in [0.717, 1.165) is 26.2 Å². The van der Waals surface area contributed by atoms with Gasteiger partial charge >= 0.3 is 0 Å². The summed E-state index contributed by atoms with van der Waals surface area (Å²) in [5.41, 5.74) is 0. The highest BCUT2D eigenvalue weighted by atomic mass is 16.2. The van der Waals surface area contributed by atoms with Crippen LogP contribution in [0, 0.1) is 0 Å². The van der Waals surface area contributed by atoms with Crippen molar-refractivity contribution in [2.24, 2.45) is 0 Å². The second-order valence-electron chi connectivity index (χ2n) is 4.66. The van der Waals surface area contributed by atoms with Gasteiger partial charge in [-0.15, -0.1) is 0 Å². The fourth-order valence-corrected chi connectivity index (χ4v) is 2.42. The molecule has 0 aromatic heterocycles. The molecule has 0 aromatic carbocycles. The second-order valence-corrected chi connectivity index (χ2v) is 4.66. The van der Waals surface area contributed by atoms with Gasteiger partial charge in [0, 0.05) is 7.05 Å². The lowest BCUT2D eigenvalue weighted by Crippen LogP contribution is -3.29. The molecule has 2 heterocycles. The lowest BCUT2D eigenvalue weighted by Gasteiger charge is -2.30. The summed E-state index contributed by atoms with van der Waals surface area (Å²) in [6.07, 6.45) is 0.406. The maximum absolute atomic E-state index is 11.8. The number of likely N-dealkylation sites (N-methyl/N-ethyl adjacent to an activating group) is 2. The predicted molar refractivity (Wildman–Crippen MR) is 53.5 cm³/mol. The van der Waals surface area contributed by atoms with Gasteiger partial charge in [0.05, 0.1) is 13.5 Å². The van der Waals surface area contributed by atoms with Crippen LogP contribution in [-0.4, -0.2) is 63.0 Å². The monoisotopic (exact) mass is 213 g/mol. The van der Waals surface area contributed by atoms with Gasteiger partial charge in [0.25, 0.3) is 5.91 Å². The van der Waals surface area contributed by atoms with Crippen LogP contribution in [0.5, 0.6) is 0 Å². The molecule has 1 atom stereocenters. The van der Waals surface area contributed by atoms with E-state index < -0.39 is 0 Å². The first kappa shape index (κ1) is 10.6. The van der Waals surface area contributed by atoms with E-state index in [1.165, 1.54) is 14.7 Å². The van der Waals surface area contributed by atoms with E-state index in [4.69, 9.17) is 0 Å². The lowest BCUT2D eigenvalue weighted by atomic mass is 10.2. The Morgan fingerprint density at radius 3 is 2.27 bits per heavy atom. The minimum Gasteiger partial charge on any atom is -0.328 e. The van der Waals surface area contributed by atoms with Crippen molar-refractivity contribution in [3.05, 3.63) is 0 Å². The minimum absolute atomic E-state index is 0.00885. The van der Waals surface area contributed by atoms with Crippen molar-refractivity contribution in [1.29, 1.82) is 0 Å². The zero-order valence-electron chi connectivity index (χ0n) is 9.38. The molecule has 2 fully saturated rings. The molecule has 0 unspecified atom stereocenters. The Morgan fingerprint density at radius 2 is 1.80 bits per heavy atom. The molecular weight excluding hydrogens is 194 g/mol. The van der Waals surface area contributed by atoms with Crippen LogP contribution in [0.4, 0.5) is 0 Å². The maximum atomic E-state index is 11.8. The Bertz CT molecular complexity index is 284. The highest BCUT2D eigenvalue weighted by Crippen LogP contribution is 2.07. The Hall–Kier alpha value is -0.940. The zero-order valence-corrected chi connectivity index (χ0v) is 9.38. The van der Waals surface area contributed by atoms with E-state index in [0.29, 0.717) is 6.42 Å². The first-order chi connectivity index (χ1) is 7.09. The molecule has 2 aliphatic heterocycles. The van der Waals surface area contributed by atoms with E-state index in [1.54, 1.807) is 7.05 Å². The number of carbonyl (C=O) groups is 2. The summed E-state index contributed by atoms with van der Waals surface area (Å²) in [5, 5.41) is 0. The third-order valence-corrected chi connectivity index (χ3v) is 3.62. The van der Waals surface area contributed by atoms with Crippen LogP contribution >= 0.6 is 0 Å². The van der Waals surface area contributed by atoms with Gasteiger partial charge in [0.1, 0.15) is 26.2 Å². The molecule has 2 saturated heterocycles. The Balaban J connectivity index is 2.00. The quantitative estimate of drug-likeness (QED) is 0.438. The Kier molecular flexibility index (Phi) is 2.75. The molecule has 5 nitrogen and oxygen atoms in total. The number of imide groups is 1. The second kappa shape index (κ2) is 3.90.